The van der Waals surface area contributed by atoms with E-state index in [1.807, 2.05) is 0 Å². The average Bonchev–Trinajstić information content (AvgIpc) is 2.94. The van der Waals surface area contributed by atoms with E-state index in [0.717, 1.165) is 18.9 Å². The van der Waals surface area contributed by atoms with Gasteiger partial charge in [-0.3, -0.25) is 0 Å². The topological polar surface area (TPSA) is 64.3 Å². The molecule has 2 rings (SSSR count). The molecule has 1 aromatic carbocycles. The van der Waals surface area contributed by atoms with Crippen LogP contribution in [-0.2, 0) is 4.74 Å². The van der Waals surface area contributed by atoms with Crippen LogP contribution in [0.25, 0.3) is 0 Å². The van der Waals surface area contributed by atoms with Crippen LogP contribution in [0.5, 0.6) is 0 Å². The summed E-state index contributed by atoms with van der Waals surface area (Å²) < 4.78 is 5.07. The molecule has 4 heteroatoms. The molecule has 0 atom stereocenters. The number of nitrogens with two attached hydrogens (primary N) is 1. The number of esters is 1. The fourth-order valence-corrected chi connectivity index (χ4v) is 2.85. The van der Waals surface area contributed by atoms with E-state index in [2.05, 4.69) is 5.32 Å². The summed E-state index contributed by atoms with van der Waals surface area (Å²) >= 11 is 0. The molecule has 0 bridgehead atoms. The van der Waals surface area contributed by atoms with Gasteiger partial charge in [0.1, 0.15) is 0 Å². The van der Waals surface area contributed by atoms with Gasteiger partial charge in [-0.25, -0.2) is 4.79 Å². The molecule has 1 saturated carbocycles. The van der Waals surface area contributed by atoms with Crippen molar-refractivity contribution in [2.24, 2.45) is 5.92 Å². The van der Waals surface area contributed by atoms with Gasteiger partial charge in [-0.2, -0.15) is 0 Å². The van der Waals surface area contributed by atoms with E-state index in [9.17, 15) is 4.79 Å². The standard InChI is InChI=1S/C16H24N2O2/c1-2-20-16(19)13-8-5-9-14(17)15(13)18-11-10-12-6-3-4-7-12/h5,8-9,12,18H,2-4,6-7,10-11,17H2,1H3. The highest BCUT2D eigenvalue weighted by molar-refractivity contribution is 5.98. The van der Waals surface area contributed by atoms with Crippen molar-refractivity contribution in [3.8, 4) is 0 Å². The zero-order chi connectivity index (χ0) is 14.4. The molecule has 0 heterocycles. The van der Waals surface area contributed by atoms with Gasteiger partial charge in [0, 0.05) is 6.54 Å². The van der Waals surface area contributed by atoms with Crippen LogP contribution in [0.2, 0.25) is 0 Å². The van der Waals surface area contributed by atoms with Crippen LogP contribution < -0.4 is 11.1 Å². The minimum Gasteiger partial charge on any atom is -0.462 e. The number of hydrogen-bond acceptors (Lipinski definition) is 4. The van der Waals surface area contributed by atoms with Crippen molar-refractivity contribution in [1.82, 2.24) is 0 Å². The van der Waals surface area contributed by atoms with Crippen molar-refractivity contribution in [3.63, 3.8) is 0 Å². The van der Waals surface area contributed by atoms with Gasteiger partial charge in [0.2, 0.25) is 0 Å². The number of benzene rings is 1. The molecule has 0 aromatic heterocycles. The third-order valence-corrected chi connectivity index (χ3v) is 3.92. The number of carbonyl (C=O) groups is 1. The first-order chi connectivity index (χ1) is 9.72. The largest absolute Gasteiger partial charge is 0.462 e. The number of nitrogen functional groups attached to an aromatic ring is 1. The minimum atomic E-state index is -0.317. The number of rotatable bonds is 6. The van der Waals surface area contributed by atoms with E-state index in [4.69, 9.17) is 10.5 Å². The molecule has 0 radical (unpaired) electrons. The Bertz CT molecular complexity index is 454. The number of carbonyl (C=O) groups excluding carboxylic acids is 1. The molecule has 20 heavy (non-hydrogen) atoms. The smallest absolute Gasteiger partial charge is 0.340 e. The van der Waals surface area contributed by atoms with Crippen LogP contribution in [0.3, 0.4) is 0 Å². The predicted molar refractivity (Wildman–Crippen MR) is 81.9 cm³/mol. The molecule has 0 unspecified atom stereocenters. The predicted octanol–water partition coefficient (Wildman–Crippen LogP) is 3.44. The van der Waals surface area contributed by atoms with Gasteiger partial charge in [-0.1, -0.05) is 31.7 Å². The van der Waals surface area contributed by atoms with E-state index in [1.54, 1.807) is 25.1 Å². The van der Waals surface area contributed by atoms with Crippen LogP contribution >= 0.6 is 0 Å². The van der Waals surface area contributed by atoms with Crippen LogP contribution in [0, 0.1) is 5.92 Å². The molecule has 0 aliphatic heterocycles. The molecular formula is C16H24N2O2. The SMILES string of the molecule is CCOC(=O)c1cccc(N)c1NCCC1CCCC1. The van der Waals surface area contributed by atoms with Gasteiger partial charge < -0.3 is 15.8 Å². The monoisotopic (exact) mass is 276 g/mol. The minimum absolute atomic E-state index is 0.317. The van der Waals surface area contributed by atoms with Gasteiger partial charge in [-0.05, 0) is 31.4 Å². The first-order valence-corrected chi connectivity index (χ1v) is 7.52. The van der Waals surface area contributed by atoms with Crippen molar-refractivity contribution < 1.29 is 9.53 Å². The summed E-state index contributed by atoms with van der Waals surface area (Å²) in [5.41, 5.74) is 7.82. The molecule has 1 fully saturated rings. The molecule has 4 nitrogen and oxygen atoms in total. The fraction of sp³-hybridized carbons (Fsp3) is 0.562. The second kappa shape index (κ2) is 7.17. The maximum absolute atomic E-state index is 11.9. The second-order valence-corrected chi connectivity index (χ2v) is 5.36. The maximum atomic E-state index is 11.9. The highest BCUT2D eigenvalue weighted by atomic mass is 16.5. The van der Waals surface area contributed by atoms with Crippen molar-refractivity contribution in [2.75, 3.05) is 24.2 Å². The Labute approximate surface area is 120 Å². The summed E-state index contributed by atoms with van der Waals surface area (Å²) in [6.45, 7) is 3.03. The molecule has 110 valence electrons. The molecule has 1 aliphatic carbocycles. The lowest BCUT2D eigenvalue weighted by molar-refractivity contribution is 0.0527. The summed E-state index contributed by atoms with van der Waals surface area (Å²) in [5, 5.41) is 3.32. The third-order valence-electron chi connectivity index (χ3n) is 3.92. The Hall–Kier alpha value is -1.71. The third kappa shape index (κ3) is 3.65. The lowest BCUT2D eigenvalue weighted by Crippen LogP contribution is -2.14. The van der Waals surface area contributed by atoms with Gasteiger partial charge in [0.25, 0.3) is 0 Å². The van der Waals surface area contributed by atoms with Crippen LogP contribution in [0.1, 0.15) is 49.4 Å². The Morgan fingerprint density at radius 3 is 2.85 bits per heavy atom. The van der Waals surface area contributed by atoms with Crippen molar-refractivity contribution in [2.45, 2.75) is 39.0 Å². The van der Waals surface area contributed by atoms with Crippen molar-refractivity contribution in [3.05, 3.63) is 23.8 Å². The van der Waals surface area contributed by atoms with Gasteiger partial charge in [-0.15, -0.1) is 0 Å². The molecule has 3 N–H and O–H groups in total. The van der Waals surface area contributed by atoms with E-state index < -0.39 is 0 Å². The Morgan fingerprint density at radius 1 is 1.40 bits per heavy atom. The summed E-state index contributed by atoms with van der Waals surface area (Å²) in [6, 6.07) is 5.34. The Morgan fingerprint density at radius 2 is 2.15 bits per heavy atom. The van der Waals surface area contributed by atoms with Crippen LogP contribution in [0.4, 0.5) is 11.4 Å². The fourth-order valence-electron chi connectivity index (χ4n) is 2.85. The second-order valence-electron chi connectivity index (χ2n) is 5.36. The zero-order valence-electron chi connectivity index (χ0n) is 12.2. The highest BCUT2D eigenvalue weighted by Crippen LogP contribution is 2.29. The Kier molecular flexibility index (Phi) is 5.27. The molecule has 0 amide bonds. The number of anilines is 2. The quantitative estimate of drug-likeness (QED) is 0.617. The number of hydrogen-bond donors (Lipinski definition) is 2. The lowest BCUT2D eigenvalue weighted by atomic mass is 10.0. The highest BCUT2D eigenvalue weighted by Gasteiger charge is 2.17. The first kappa shape index (κ1) is 14.7. The molecule has 1 aromatic rings. The van der Waals surface area contributed by atoms with Gasteiger partial charge in [0.05, 0.1) is 23.5 Å². The number of nitrogens with one attached hydrogen (secondary N) is 1. The van der Waals surface area contributed by atoms with Crippen LogP contribution in [-0.4, -0.2) is 19.1 Å². The van der Waals surface area contributed by atoms with E-state index in [1.165, 1.54) is 25.7 Å². The lowest BCUT2D eigenvalue weighted by Gasteiger charge is -2.15. The zero-order valence-corrected chi connectivity index (χ0v) is 12.2. The molecular weight excluding hydrogens is 252 g/mol. The van der Waals surface area contributed by atoms with Crippen molar-refractivity contribution in [1.29, 1.82) is 0 Å². The van der Waals surface area contributed by atoms with Gasteiger partial charge in [0.15, 0.2) is 0 Å². The number of para-hydroxylation sites is 1. The molecule has 1 aliphatic rings. The summed E-state index contributed by atoms with van der Waals surface area (Å²) in [6.07, 6.45) is 6.50. The average molecular weight is 276 g/mol. The van der Waals surface area contributed by atoms with E-state index >= 15 is 0 Å². The molecule has 0 spiro atoms. The maximum Gasteiger partial charge on any atom is 0.340 e. The first-order valence-electron chi connectivity index (χ1n) is 7.52. The van der Waals surface area contributed by atoms with E-state index in [-0.39, 0.29) is 5.97 Å². The van der Waals surface area contributed by atoms with E-state index in [0.29, 0.717) is 23.5 Å². The normalized spacial score (nSPS) is 15.2. The summed E-state index contributed by atoms with van der Waals surface area (Å²) in [5.74, 6) is 0.502. The van der Waals surface area contributed by atoms with Crippen LogP contribution in [0.15, 0.2) is 18.2 Å². The van der Waals surface area contributed by atoms with Gasteiger partial charge >= 0.3 is 5.97 Å². The Balaban J connectivity index is 1.99. The summed E-state index contributed by atoms with van der Waals surface area (Å²) in [4.78, 5) is 11.9. The van der Waals surface area contributed by atoms with Crippen molar-refractivity contribution >= 4 is 17.3 Å². The molecule has 0 saturated heterocycles. The number of ether oxygens (including phenoxy) is 1. The summed E-state index contributed by atoms with van der Waals surface area (Å²) in [7, 11) is 0.